The van der Waals surface area contributed by atoms with Crippen LogP contribution >= 0.6 is 0 Å². The lowest BCUT2D eigenvalue weighted by atomic mass is 10.1. The maximum atomic E-state index is 12.3. The topological polar surface area (TPSA) is 88.0 Å². The molecule has 0 bridgehead atoms. The van der Waals surface area contributed by atoms with E-state index in [9.17, 15) is 4.79 Å². The lowest BCUT2D eigenvalue weighted by Gasteiger charge is -2.20. The molecule has 2 aromatic heterocycles. The van der Waals surface area contributed by atoms with Crippen molar-refractivity contribution < 1.29 is 4.79 Å². The Bertz CT molecular complexity index is 874. The molecule has 2 N–H and O–H groups in total. The van der Waals surface area contributed by atoms with E-state index in [1.54, 1.807) is 17.2 Å². The number of nitrogens with one attached hydrogen (secondary N) is 2. The first-order chi connectivity index (χ1) is 13.7. The smallest absolute Gasteiger partial charge is 0.319 e. The van der Waals surface area contributed by atoms with Gasteiger partial charge in [-0.05, 0) is 36.3 Å². The third-order valence-electron chi connectivity index (χ3n) is 4.47. The zero-order valence-corrected chi connectivity index (χ0v) is 16.2. The Kier molecular flexibility index (Phi) is 6.69. The second kappa shape index (κ2) is 9.61. The van der Waals surface area contributed by atoms with Gasteiger partial charge >= 0.3 is 6.03 Å². The highest BCUT2D eigenvalue weighted by Crippen LogP contribution is 2.17. The molecule has 3 aromatic rings. The maximum absolute atomic E-state index is 12.3. The number of carbonyl (C=O) groups is 1. The summed E-state index contributed by atoms with van der Waals surface area (Å²) < 4.78 is 1.58. The van der Waals surface area contributed by atoms with Gasteiger partial charge in [0, 0.05) is 25.0 Å². The van der Waals surface area contributed by atoms with Crippen LogP contribution in [0.3, 0.4) is 0 Å². The van der Waals surface area contributed by atoms with Gasteiger partial charge in [0.25, 0.3) is 0 Å². The van der Waals surface area contributed by atoms with Gasteiger partial charge in [-0.3, -0.25) is 4.90 Å². The second-order valence-corrected chi connectivity index (χ2v) is 6.29. The van der Waals surface area contributed by atoms with E-state index in [1.165, 1.54) is 6.33 Å². The van der Waals surface area contributed by atoms with E-state index in [-0.39, 0.29) is 6.03 Å². The van der Waals surface area contributed by atoms with Gasteiger partial charge in [0.2, 0.25) is 0 Å². The number of amides is 2. The lowest BCUT2D eigenvalue weighted by Crippen LogP contribution is -2.29. The van der Waals surface area contributed by atoms with Crippen molar-refractivity contribution in [1.82, 2.24) is 30.0 Å². The Morgan fingerprint density at radius 1 is 1.14 bits per heavy atom. The van der Waals surface area contributed by atoms with Crippen LogP contribution in [-0.2, 0) is 13.1 Å². The molecule has 8 nitrogen and oxygen atoms in total. The maximum Gasteiger partial charge on any atom is 0.319 e. The largest absolute Gasteiger partial charge is 0.334 e. The summed E-state index contributed by atoms with van der Waals surface area (Å²) in [6, 6.07) is 11.4. The average molecular weight is 379 g/mol. The summed E-state index contributed by atoms with van der Waals surface area (Å²) >= 11 is 0. The SMILES string of the molecule is CCN(CC)Cc1ccccc1NC(=O)NCc1ccc(-n2cncn2)nc1. The van der Waals surface area contributed by atoms with Crippen LogP contribution in [0, 0.1) is 0 Å². The number of hydrogen-bond donors (Lipinski definition) is 2. The quantitative estimate of drug-likeness (QED) is 0.628. The summed E-state index contributed by atoms with van der Waals surface area (Å²) in [4.78, 5) is 22.9. The summed E-state index contributed by atoms with van der Waals surface area (Å²) in [5.41, 5.74) is 2.82. The number of nitrogens with zero attached hydrogens (tertiary/aromatic N) is 5. The first-order valence-corrected chi connectivity index (χ1v) is 9.34. The van der Waals surface area contributed by atoms with E-state index in [1.807, 2.05) is 36.4 Å². The van der Waals surface area contributed by atoms with Crippen molar-refractivity contribution in [3.8, 4) is 5.82 Å². The van der Waals surface area contributed by atoms with Crippen LogP contribution in [0.5, 0.6) is 0 Å². The highest BCUT2D eigenvalue weighted by Gasteiger charge is 2.09. The molecule has 0 aliphatic heterocycles. The summed E-state index contributed by atoms with van der Waals surface area (Å²) in [5.74, 6) is 0.677. The molecule has 0 fully saturated rings. The number of aromatic nitrogens is 4. The molecule has 0 saturated heterocycles. The van der Waals surface area contributed by atoms with Crippen molar-refractivity contribution in [2.24, 2.45) is 0 Å². The summed E-state index contributed by atoms with van der Waals surface area (Å²) in [5, 5.41) is 9.86. The van der Waals surface area contributed by atoms with E-state index >= 15 is 0 Å². The minimum atomic E-state index is -0.243. The van der Waals surface area contributed by atoms with Gasteiger partial charge in [0.05, 0.1) is 0 Å². The molecule has 0 saturated carbocycles. The van der Waals surface area contributed by atoms with Crippen LogP contribution in [-0.4, -0.2) is 43.8 Å². The first-order valence-electron chi connectivity index (χ1n) is 9.34. The van der Waals surface area contributed by atoms with E-state index in [0.29, 0.717) is 12.4 Å². The van der Waals surface area contributed by atoms with Crippen molar-refractivity contribution in [2.45, 2.75) is 26.9 Å². The molecular formula is C20H25N7O. The Morgan fingerprint density at radius 2 is 1.96 bits per heavy atom. The number of benzene rings is 1. The van der Waals surface area contributed by atoms with E-state index in [0.717, 1.165) is 36.4 Å². The molecule has 146 valence electrons. The predicted octanol–water partition coefficient (Wildman–Crippen LogP) is 2.83. The van der Waals surface area contributed by atoms with Crippen molar-refractivity contribution in [1.29, 1.82) is 0 Å². The Hall–Kier alpha value is -3.26. The van der Waals surface area contributed by atoms with E-state index in [2.05, 4.69) is 44.4 Å². The number of pyridine rings is 1. The highest BCUT2D eigenvalue weighted by molar-refractivity contribution is 5.90. The molecule has 2 amide bonds. The van der Waals surface area contributed by atoms with Gasteiger partial charge in [-0.15, -0.1) is 0 Å². The minimum Gasteiger partial charge on any atom is -0.334 e. The zero-order chi connectivity index (χ0) is 19.8. The Morgan fingerprint density at radius 3 is 2.64 bits per heavy atom. The van der Waals surface area contributed by atoms with Crippen molar-refractivity contribution in [3.63, 3.8) is 0 Å². The van der Waals surface area contributed by atoms with Crippen LogP contribution in [0.4, 0.5) is 10.5 Å². The Labute approximate surface area is 164 Å². The molecule has 8 heteroatoms. The molecule has 2 heterocycles. The normalized spacial score (nSPS) is 10.8. The molecule has 0 atom stereocenters. The molecule has 3 rings (SSSR count). The summed E-state index contributed by atoms with van der Waals surface area (Å²) in [6.45, 7) is 7.39. The molecule has 0 spiro atoms. The van der Waals surface area contributed by atoms with E-state index < -0.39 is 0 Å². The molecule has 0 aliphatic rings. The van der Waals surface area contributed by atoms with Crippen LogP contribution in [0.15, 0.2) is 55.2 Å². The van der Waals surface area contributed by atoms with Gasteiger partial charge in [0.15, 0.2) is 5.82 Å². The van der Waals surface area contributed by atoms with Crippen LogP contribution in [0.25, 0.3) is 5.82 Å². The molecule has 0 radical (unpaired) electrons. The zero-order valence-electron chi connectivity index (χ0n) is 16.2. The van der Waals surface area contributed by atoms with Crippen molar-refractivity contribution in [3.05, 3.63) is 66.4 Å². The molecule has 0 aliphatic carbocycles. The number of carbonyl (C=O) groups excluding carboxylic acids is 1. The fourth-order valence-electron chi connectivity index (χ4n) is 2.80. The average Bonchev–Trinajstić information content (AvgIpc) is 3.27. The monoisotopic (exact) mass is 379 g/mol. The third-order valence-corrected chi connectivity index (χ3v) is 4.47. The van der Waals surface area contributed by atoms with Gasteiger partial charge in [-0.25, -0.2) is 19.4 Å². The number of para-hydroxylation sites is 1. The molecule has 28 heavy (non-hydrogen) atoms. The lowest BCUT2D eigenvalue weighted by molar-refractivity contribution is 0.251. The predicted molar refractivity (Wildman–Crippen MR) is 108 cm³/mol. The molecule has 0 unspecified atom stereocenters. The fraction of sp³-hybridized carbons (Fsp3) is 0.300. The fourth-order valence-corrected chi connectivity index (χ4v) is 2.80. The van der Waals surface area contributed by atoms with Crippen molar-refractivity contribution in [2.75, 3.05) is 18.4 Å². The summed E-state index contributed by atoms with van der Waals surface area (Å²) in [7, 11) is 0. The van der Waals surface area contributed by atoms with Gasteiger partial charge in [-0.1, -0.05) is 38.1 Å². The van der Waals surface area contributed by atoms with Gasteiger partial charge in [-0.2, -0.15) is 5.10 Å². The van der Waals surface area contributed by atoms with E-state index in [4.69, 9.17) is 0 Å². The Balaban J connectivity index is 1.56. The van der Waals surface area contributed by atoms with Gasteiger partial charge < -0.3 is 10.6 Å². The highest BCUT2D eigenvalue weighted by atomic mass is 16.2. The van der Waals surface area contributed by atoms with Crippen LogP contribution in [0.2, 0.25) is 0 Å². The number of hydrogen-bond acceptors (Lipinski definition) is 5. The number of anilines is 1. The number of urea groups is 1. The molecule has 1 aromatic carbocycles. The van der Waals surface area contributed by atoms with Crippen LogP contribution < -0.4 is 10.6 Å². The summed E-state index contributed by atoms with van der Waals surface area (Å²) in [6.07, 6.45) is 4.76. The van der Waals surface area contributed by atoms with Crippen molar-refractivity contribution >= 4 is 11.7 Å². The minimum absolute atomic E-state index is 0.243. The van der Waals surface area contributed by atoms with Gasteiger partial charge in [0.1, 0.15) is 12.7 Å². The molecular weight excluding hydrogens is 354 g/mol. The number of rotatable bonds is 8. The van der Waals surface area contributed by atoms with Crippen LogP contribution in [0.1, 0.15) is 25.0 Å². The third kappa shape index (κ3) is 5.14. The second-order valence-electron chi connectivity index (χ2n) is 6.29. The first kappa shape index (κ1) is 19.5. The standard InChI is InChI=1S/C20H25N7O/c1-3-26(4-2)13-17-7-5-6-8-18(17)25-20(28)23-12-16-9-10-19(22-11-16)27-15-21-14-24-27/h5-11,14-15H,3-4,12-13H2,1-2H3,(H2,23,25,28).